The van der Waals surface area contributed by atoms with Gasteiger partial charge in [0.2, 0.25) is 11.8 Å². The van der Waals surface area contributed by atoms with Crippen molar-refractivity contribution < 1.29 is 23.1 Å². The number of carbonyl (C=O) groups is 2. The third kappa shape index (κ3) is 7.94. The molecule has 29 heavy (non-hydrogen) atoms. The number of amides is 2. The molecule has 1 aliphatic heterocycles. The normalized spacial score (nSPS) is 17.9. The summed E-state index contributed by atoms with van der Waals surface area (Å²) in [5.41, 5.74) is 0.935. The zero-order chi connectivity index (χ0) is 20.6. The monoisotopic (exact) mass is 410 g/mol. The maximum Gasteiger partial charge on any atom is 0.387 e. The van der Waals surface area contributed by atoms with Crippen LogP contribution in [0, 0.1) is 0 Å². The number of rotatable bonds is 10. The van der Waals surface area contributed by atoms with Gasteiger partial charge in [-0.25, -0.2) is 0 Å². The van der Waals surface area contributed by atoms with Crippen molar-refractivity contribution in [1.29, 1.82) is 0 Å². The first-order chi connectivity index (χ1) is 14.0. The summed E-state index contributed by atoms with van der Waals surface area (Å²) >= 11 is 0. The van der Waals surface area contributed by atoms with E-state index in [0.29, 0.717) is 32.1 Å². The minimum Gasteiger partial charge on any atom is -0.435 e. The van der Waals surface area contributed by atoms with Gasteiger partial charge in [0.25, 0.3) is 0 Å². The van der Waals surface area contributed by atoms with Crippen LogP contribution in [0.25, 0.3) is 0 Å². The van der Waals surface area contributed by atoms with Crippen molar-refractivity contribution in [1.82, 2.24) is 20.4 Å². The van der Waals surface area contributed by atoms with Crippen molar-refractivity contribution in [2.45, 2.75) is 31.9 Å². The molecule has 2 N–H and O–H groups in total. The Morgan fingerprint density at radius 3 is 2.14 bits per heavy atom. The first kappa shape index (κ1) is 21.4. The molecule has 0 radical (unpaired) electrons. The van der Waals surface area contributed by atoms with E-state index in [-0.39, 0.29) is 17.6 Å². The van der Waals surface area contributed by atoms with Gasteiger partial charge in [0.1, 0.15) is 5.75 Å². The average Bonchev–Trinajstić information content (AvgIpc) is 3.48. The zero-order valence-electron chi connectivity index (χ0n) is 16.4. The minimum atomic E-state index is -2.83. The Kier molecular flexibility index (Phi) is 7.76. The van der Waals surface area contributed by atoms with Crippen LogP contribution in [-0.2, 0) is 16.0 Å². The summed E-state index contributed by atoms with van der Waals surface area (Å²) < 4.78 is 28.6. The van der Waals surface area contributed by atoms with Crippen molar-refractivity contribution in [2.75, 3.05) is 45.8 Å². The lowest BCUT2D eigenvalue weighted by molar-refractivity contribution is -0.125. The largest absolute Gasteiger partial charge is 0.435 e. The fourth-order valence-electron chi connectivity index (χ4n) is 3.25. The number of ether oxygens (including phenoxy) is 1. The quantitative estimate of drug-likeness (QED) is 0.598. The van der Waals surface area contributed by atoms with Crippen LogP contribution in [-0.4, -0.2) is 80.1 Å². The second-order valence-corrected chi connectivity index (χ2v) is 7.52. The second kappa shape index (κ2) is 10.5. The van der Waals surface area contributed by atoms with Gasteiger partial charge in [0, 0.05) is 38.8 Å². The molecule has 1 saturated carbocycles. The lowest BCUT2D eigenvalue weighted by Crippen LogP contribution is -2.51. The molecule has 2 amide bonds. The number of hydrogen-bond donors (Lipinski definition) is 2. The lowest BCUT2D eigenvalue weighted by atomic mass is 10.1. The minimum absolute atomic E-state index is 0.0393. The molecular weight excluding hydrogens is 382 g/mol. The van der Waals surface area contributed by atoms with E-state index in [1.54, 1.807) is 12.1 Å². The van der Waals surface area contributed by atoms with Crippen molar-refractivity contribution in [3.05, 3.63) is 29.8 Å². The number of nitrogens with one attached hydrogen (secondary N) is 2. The Morgan fingerprint density at radius 1 is 1.00 bits per heavy atom. The van der Waals surface area contributed by atoms with Crippen LogP contribution < -0.4 is 15.4 Å². The summed E-state index contributed by atoms with van der Waals surface area (Å²) in [5.74, 6) is 0.173. The lowest BCUT2D eigenvalue weighted by Gasteiger charge is -2.33. The van der Waals surface area contributed by atoms with E-state index < -0.39 is 6.61 Å². The Balaban J connectivity index is 1.27. The smallest absolute Gasteiger partial charge is 0.387 e. The zero-order valence-corrected chi connectivity index (χ0v) is 16.4. The number of alkyl halides is 2. The summed E-state index contributed by atoms with van der Waals surface area (Å²) in [7, 11) is 0. The van der Waals surface area contributed by atoms with E-state index in [1.807, 2.05) is 0 Å². The standard InChI is InChI=1S/C20H28F2N4O3/c21-20(22)29-17-5-1-15(2-6-17)7-8-23-18(27)13-25-9-11-26(12-10-25)14-19(28)24-16-3-4-16/h1-2,5-6,16,20H,3-4,7-14H2,(H,23,27)(H,24,28). The molecule has 0 unspecified atom stereocenters. The molecule has 0 atom stereocenters. The summed E-state index contributed by atoms with van der Waals surface area (Å²) in [6.07, 6.45) is 2.80. The summed E-state index contributed by atoms with van der Waals surface area (Å²) in [6.45, 7) is 1.49. The molecule has 9 heteroatoms. The third-order valence-electron chi connectivity index (χ3n) is 5.03. The molecule has 1 aromatic carbocycles. The van der Waals surface area contributed by atoms with E-state index in [4.69, 9.17) is 0 Å². The van der Waals surface area contributed by atoms with Gasteiger partial charge in [0.05, 0.1) is 13.1 Å². The Hall–Kier alpha value is -2.26. The van der Waals surface area contributed by atoms with Crippen LogP contribution in [0.4, 0.5) is 8.78 Å². The van der Waals surface area contributed by atoms with Gasteiger partial charge in [0.15, 0.2) is 0 Å². The fourth-order valence-corrected chi connectivity index (χ4v) is 3.25. The molecule has 0 bridgehead atoms. The SMILES string of the molecule is O=C(CN1CCN(CC(=O)NC2CC2)CC1)NCCc1ccc(OC(F)F)cc1. The molecule has 2 aliphatic rings. The number of hydrogen-bond acceptors (Lipinski definition) is 5. The topological polar surface area (TPSA) is 73.9 Å². The predicted molar refractivity (Wildman–Crippen MR) is 104 cm³/mol. The van der Waals surface area contributed by atoms with Crippen LogP contribution in [0.5, 0.6) is 5.75 Å². The summed E-state index contributed by atoms with van der Waals surface area (Å²) in [5, 5.41) is 5.88. The average molecular weight is 410 g/mol. The summed E-state index contributed by atoms with van der Waals surface area (Å²) in [4.78, 5) is 28.2. The van der Waals surface area contributed by atoms with E-state index in [2.05, 4.69) is 25.2 Å². The number of halogens is 2. The maximum atomic E-state index is 12.1. The highest BCUT2D eigenvalue weighted by molar-refractivity contribution is 5.79. The van der Waals surface area contributed by atoms with Gasteiger partial charge in [-0.3, -0.25) is 19.4 Å². The molecule has 3 rings (SSSR count). The molecule has 1 saturated heterocycles. The van der Waals surface area contributed by atoms with E-state index in [1.165, 1.54) is 12.1 Å². The highest BCUT2D eigenvalue weighted by Crippen LogP contribution is 2.18. The van der Waals surface area contributed by atoms with E-state index >= 15 is 0 Å². The molecule has 1 heterocycles. The van der Waals surface area contributed by atoms with Crippen LogP contribution in [0.1, 0.15) is 18.4 Å². The first-order valence-electron chi connectivity index (χ1n) is 10.0. The van der Waals surface area contributed by atoms with E-state index in [0.717, 1.165) is 44.6 Å². The van der Waals surface area contributed by atoms with Crippen LogP contribution in [0.15, 0.2) is 24.3 Å². The Morgan fingerprint density at radius 2 is 1.59 bits per heavy atom. The van der Waals surface area contributed by atoms with Crippen LogP contribution in [0.3, 0.4) is 0 Å². The molecular formula is C20H28F2N4O3. The maximum absolute atomic E-state index is 12.1. The second-order valence-electron chi connectivity index (χ2n) is 7.52. The third-order valence-corrected chi connectivity index (χ3v) is 5.03. The van der Waals surface area contributed by atoms with Gasteiger partial charge in [-0.05, 0) is 37.0 Å². The molecule has 1 aromatic rings. The van der Waals surface area contributed by atoms with E-state index in [9.17, 15) is 18.4 Å². The highest BCUT2D eigenvalue weighted by Gasteiger charge is 2.25. The van der Waals surface area contributed by atoms with Gasteiger partial charge in [-0.1, -0.05) is 12.1 Å². The first-order valence-corrected chi connectivity index (χ1v) is 10.0. The number of benzene rings is 1. The van der Waals surface area contributed by atoms with Crippen molar-refractivity contribution >= 4 is 11.8 Å². The predicted octanol–water partition coefficient (Wildman–Crippen LogP) is 0.843. The molecule has 0 aromatic heterocycles. The number of carbonyl (C=O) groups excluding carboxylic acids is 2. The Labute approximate surface area is 169 Å². The molecule has 0 spiro atoms. The molecule has 7 nitrogen and oxygen atoms in total. The fraction of sp³-hybridized carbons (Fsp3) is 0.600. The van der Waals surface area contributed by atoms with Gasteiger partial charge in [-0.15, -0.1) is 0 Å². The molecule has 2 fully saturated rings. The van der Waals surface area contributed by atoms with Crippen molar-refractivity contribution in [3.8, 4) is 5.75 Å². The molecule has 1 aliphatic carbocycles. The van der Waals surface area contributed by atoms with Gasteiger partial charge in [-0.2, -0.15) is 8.78 Å². The Bertz CT molecular complexity index is 675. The highest BCUT2D eigenvalue weighted by atomic mass is 19.3. The number of nitrogens with zero attached hydrogens (tertiary/aromatic N) is 2. The van der Waals surface area contributed by atoms with Gasteiger partial charge >= 0.3 is 6.61 Å². The molecule has 160 valence electrons. The summed E-state index contributed by atoms with van der Waals surface area (Å²) in [6, 6.07) is 6.79. The van der Waals surface area contributed by atoms with Crippen molar-refractivity contribution in [2.24, 2.45) is 0 Å². The van der Waals surface area contributed by atoms with Gasteiger partial charge < -0.3 is 15.4 Å². The van der Waals surface area contributed by atoms with Crippen LogP contribution >= 0.6 is 0 Å². The number of piperazine rings is 1. The van der Waals surface area contributed by atoms with Crippen molar-refractivity contribution in [3.63, 3.8) is 0 Å². The van der Waals surface area contributed by atoms with Crippen LogP contribution in [0.2, 0.25) is 0 Å².